The van der Waals surface area contributed by atoms with Gasteiger partial charge in [0.05, 0.1) is 0 Å². The number of fused-ring (bicyclic) bond motifs is 10. The SMILES string of the molecule is O=C(O)c1ccccc1O.[CH]12[CH]3[CH]4[CH]5[CH]1[Ti]23451678[CH]2[CH]1[CH]6[CH]7[CH]28. The molecule has 0 aromatic heterocycles. The monoisotopic (exact) mass is 316 g/mol. The van der Waals surface area contributed by atoms with Crippen LogP contribution in [0, 0.1) is 0 Å². The molecule has 0 atom stereocenters. The number of benzene rings is 1. The second-order valence-electron chi connectivity index (χ2n) is 14.6. The summed E-state index contributed by atoms with van der Waals surface area (Å²) in [6.45, 7) is 0. The number of carboxylic acid groups (broad SMARTS) is 1. The number of phenols is 1. The average Bonchev–Trinajstić information content (AvgIpc) is 3.40. The van der Waals surface area contributed by atoms with Crippen LogP contribution in [0.3, 0.4) is 0 Å². The zero-order chi connectivity index (χ0) is 13.7. The Hall–Kier alpha value is -0.796. The third-order valence-corrected chi connectivity index (χ3v) is 80.5. The Bertz CT molecular complexity index is 1000. The van der Waals surface area contributed by atoms with Crippen LogP contribution in [-0.2, 0) is 8.89 Å². The van der Waals surface area contributed by atoms with E-state index >= 15 is 0 Å². The molecular weight excluding hydrogens is 300 g/mol. The molecular formula is C17H16O3Ti. The van der Waals surface area contributed by atoms with Crippen LogP contribution < -0.4 is 0 Å². The maximum atomic E-state index is 10.3. The molecule has 1 aromatic rings. The fourth-order valence-electron chi connectivity index (χ4n) is 23.9. The van der Waals surface area contributed by atoms with Crippen LogP contribution in [0.1, 0.15) is 10.4 Å². The van der Waals surface area contributed by atoms with Gasteiger partial charge in [-0.15, -0.1) is 0 Å². The number of rotatable bonds is 1. The molecule has 0 aliphatic carbocycles. The van der Waals surface area contributed by atoms with Gasteiger partial charge in [0.2, 0.25) is 0 Å². The standard InChI is InChI=1S/C7H6O3.2C5H5.Ti/c8-6-4-2-1-3-5(6)7(9)10;2*1-2-4-5-3-1;/h1-4,8H,(H,9,10);2*1-5H;. The first-order chi connectivity index (χ1) is 9.87. The summed E-state index contributed by atoms with van der Waals surface area (Å²) >= 11 is 0. The van der Waals surface area contributed by atoms with Crippen LogP contribution in [0.25, 0.3) is 0 Å². The summed E-state index contributed by atoms with van der Waals surface area (Å²) in [5.74, 6) is -1.31. The number of hydrogen-bond acceptors (Lipinski definition) is 2. The molecule has 10 heterocycles. The van der Waals surface area contributed by atoms with Crippen molar-refractivity contribution in [3.8, 4) is 5.75 Å². The van der Waals surface area contributed by atoms with Crippen molar-refractivity contribution in [3.05, 3.63) is 29.8 Å². The second kappa shape index (κ2) is 0.837. The Morgan fingerprint density at radius 2 is 1.19 bits per heavy atom. The van der Waals surface area contributed by atoms with Crippen molar-refractivity contribution in [2.45, 2.75) is 42.2 Å². The predicted molar refractivity (Wildman–Crippen MR) is 72.6 cm³/mol. The molecule has 0 unspecified atom stereocenters. The summed E-state index contributed by atoms with van der Waals surface area (Å²) in [7, 11) is -2.63. The molecule has 0 amide bonds. The van der Waals surface area contributed by atoms with Gasteiger partial charge in [0.15, 0.2) is 0 Å². The predicted octanol–water partition coefficient (Wildman–Crippen LogP) is 4.47. The first-order valence-electron chi connectivity index (χ1n) is 8.95. The molecule has 0 saturated carbocycles. The molecule has 4 heteroatoms. The van der Waals surface area contributed by atoms with E-state index in [2.05, 4.69) is 0 Å². The molecule has 1 spiro atoms. The van der Waals surface area contributed by atoms with Crippen molar-refractivity contribution in [1.29, 1.82) is 0 Å². The van der Waals surface area contributed by atoms with E-state index < -0.39 is 14.9 Å². The van der Waals surface area contributed by atoms with Gasteiger partial charge in [0.25, 0.3) is 0 Å². The van der Waals surface area contributed by atoms with Gasteiger partial charge in [-0.25, -0.2) is 4.79 Å². The molecule has 2 N–H and O–H groups in total. The molecule has 1 aromatic carbocycles. The van der Waals surface area contributed by atoms with E-state index in [4.69, 9.17) is 10.2 Å². The van der Waals surface area contributed by atoms with Crippen LogP contribution in [0.4, 0.5) is 0 Å². The molecule has 11 rings (SSSR count). The molecule has 10 saturated heterocycles. The van der Waals surface area contributed by atoms with Gasteiger partial charge in [-0.2, -0.15) is 0 Å². The van der Waals surface area contributed by atoms with Gasteiger partial charge in [-0.3, -0.25) is 0 Å². The van der Waals surface area contributed by atoms with Crippen molar-refractivity contribution < 1.29 is 23.9 Å². The summed E-state index contributed by atoms with van der Waals surface area (Å²) in [5, 5.41) is 17.3. The van der Waals surface area contributed by atoms with Crippen LogP contribution in [0.5, 0.6) is 5.75 Å². The first kappa shape index (κ1) is 8.74. The van der Waals surface area contributed by atoms with E-state index in [0.29, 0.717) is 0 Å². The van der Waals surface area contributed by atoms with Gasteiger partial charge in [0, 0.05) is 0 Å². The fourth-order valence-corrected chi connectivity index (χ4v) is 144. The van der Waals surface area contributed by atoms with Gasteiger partial charge < -0.3 is 10.2 Å². The molecule has 106 valence electrons. The molecule has 0 radical (unpaired) electrons. The van der Waals surface area contributed by atoms with E-state index in [1.165, 1.54) is 12.1 Å². The van der Waals surface area contributed by atoms with Crippen LogP contribution >= 0.6 is 0 Å². The molecule has 10 fully saturated rings. The van der Waals surface area contributed by atoms with Crippen LogP contribution in [-0.4, -0.2) is 16.2 Å². The number of carboxylic acids is 1. The van der Waals surface area contributed by atoms with E-state index in [1.54, 1.807) is 54.4 Å². The minimum absolute atomic E-state index is 0.0671. The third-order valence-electron chi connectivity index (χ3n) is 21.2. The van der Waals surface area contributed by atoms with Crippen molar-refractivity contribution in [2.75, 3.05) is 0 Å². The molecule has 0 bridgehead atoms. The van der Waals surface area contributed by atoms with E-state index in [9.17, 15) is 4.79 Å². The van der Waals surface area contributed by atoms with E-state index in [1.807, 2.05) is 0 Å². The van der Waals surface area contributed by atoms with Crippen LogP contribution in [0.15, 0.2) is 24.3 Å². The van der Waals surface area contributed by atoms with Gasteiger partial charge >= 0.3 is 57.1 Å². The second-order valence-corrected chi connectivity index (χ2v) is 48.4. The summed E-state index contributed by atoms with van der Waals surface area (Å²) in [5.41, 5.74) is -0.0671. The van der Waals surface area contributed by atoms with Crippen molar-refractivity contribution in [1.82, 2.24) is 0 Å². The van der Waals surface area contributed by atoms with Gasteiger partial charge in [-0.1, -0.05) is 12.1 Å². The van der Waals surface area contributed by atoms with E-state index in [0.717, 1.165) is 0 Å². The molecule has 10 aliphatic heterocycles. The minimum atomic E-state index is -2.63. The van der Waals surface area contributed by atoms with Crippen molar-refractivity contribution in [3.63, 3.8) is 0 Å². The summed E-state index contributed by atoms with van der Waals surface area (Å²) < 4.78 is 16.2. The summed E-state index contributed by atoms with van der Waals surface area (Å²) in [4.78, 5) is 10.3. The maximum absolute atomic E-state index is 10.3. The number of aromatic hydroxyl groups is 1. The van der Waals surface area contributed by atoms with Crippen molar-refractivity contribution >= 4 is 5.97 Å². The summed E-state index contributed by atoms with van der Waals surface area (Å²) in [6.07, 6.45) is 0. The van der Waals surface area contributed by atoms with Crippen LogP contribution in [0.2, 0.25) is 42.2 Å². The third kappa shape index (κ3) is 0.124. The molecule has 10 aliphatic rings. The Balaban J connectivity index is 0.0000000793. The Kier molecular flexibility index (Phi) is 0.348. The molecule has 21 heavy (non-hydrogen) atoms. The number of para-hydroxylation sites is 1. The fraction of sp³-hybridized carbons (Fsp3) is 0.588. The topological polar surface area (TPSA) is 57.5 Å². The number of aromatic carboxylic acids is 1. The number of hydrogen-bond donors (Lipinski definition) is 2. The quantitative estimate of drug-likeness (QED) is 0.752. The summed E-state index contributed by atoms with van der Waals surface area (Å²) in [6, 6.07) is 5.81. The Labute approximate surface area is 107 Å². The Morgan fingerprint density at radius 1 is 0.810 bits per heavy atom. The molecule has 3 nitrogen and oxygen atoms in total. The zero-order valence-electron chi connectivity index (χ0n) is 11.4. The van der Waals surface area contributed by atoms with Gasteiger partial charge in [0.1, 0.15) is 11.3 Å². The first-order valence-corrected chi connectivity index (χ1v) is 18.0. The van der Waals surface area contributed by atoms with Crippen molar-refractivity contribution in [2.24, 2.45) is 0 Å². The Morgan fingerprint density at radius 3 is 1.38 bits per heavy atom. The normalized spacial score (nSPS) is 93.9. The zero-order valence-corrected chi connectivity index (χ0v) is 12.9. The number of carbonyl (C=O) groups is 1. The van der Waals surface area contributed by atoms with Gasteiger partial charge in [-0.05, 0) is 12.1 Å². The van der Waals surface area contributed by atoms with E-state index in [-0.39, 0.29) is 11.3 Å². The average molecular weight is 316 g/mol.